The average Bonchev–Trinajstić information content (AvgIpc) is 3.03. The Morgan fingerprint density at radius 2 is 1.29 bits per heavy atom. The number of carboxylic acid groups (broad SMARTS) is 1. The van der Waals surface area contributed by atoms with Crippen LogP contribution < -0.4 is 11.1 Å². The third-order valence-corrected chi connectivity index (χ3v) is 5.63. The predicted molar refractivity (Wildman–Crippen MR) is 163 cm³/mol. The third-order valence-electron chi connectivity index (χ3n) is 5.63. The standard InChI is InChI=1S/C15H11FN4O.C9H7FN2.C6H6N2O2.BH.U/c1-9-7-19-13(8-18-9)15(21)20-12-6-11(16)5-10-3-2-4-17-14(10)12;10-7-4-6-2-1-3-12-9(6)8(11)5-7;1-4-2-8-5(3-7-4)6(9)10;;/h2-8H,1H3,(H,20,21);1-5H,11H2;2-3H,1H3,(H,9,10);1H;/i;;;1T;. The summed E-state index contributed by atoms with van der Waals surface area (Å²) in [5.41, 5.74) is 8.97. The molecule has 2 radical (unpaired) electrons. The van der Waals surface area contributed by atoms with Crippen LogP contribution in [0.5, 0.6) is 0 Å². The first-order valence-electron chi connectivity index (χ1n) is 13.1. The van der Waals surface area contributed by atoms with Crippen LogP contribution in [0.4, 0.5) is 20.2 Å². The van der Waals surface area contributed by atoms with Crippen molar-refractivity contribution >= 4 is 53.4 Å². The summed E-state index contributed by atoms with van der Waals surface area (Å²) in [5, 5.41) is 12.3. The van der Waals surface area contributed by atoms with Gasteiger partial charge in [-0.15, -0.1) is 0 Å². The fourth-order valence-electron chi connectivity index (χ4n) is 3.63. The van der Waals surface area contributed by atoms with Crippen LogP contribution in [0.1, 0.15) is 32.4 Å². The van der Waals surface area contributed by atoms with Crippen molar-refractivity contribution < 1.29 is 54.6 Å². The van der Waals surface area contributed by atoms with Crippen molar-refractivity contribution in [2.45, 2.75) is 13.8 Å². The summed E-state index contributed by atoms with van der Waals surface area (Å²) < 4.78 is 31.6. The van der Waals surface area contributed by atoms with Crippen molar-refractivity contribution in [3.63, 3.8) is 0 Å². The van der Waals surface area contributed by atoms with Crippen LogP contribution in [-0.2, 0) is 0 Å². The maximum absolute atomic E-state index is 13.6. The number of carbonyl (C=O) groups is 2. The Morgan fingerprint density at radius 3 is 1.82 bits per heavy atom. The van der Waals surface area contributed by atoms with Gasteiger partial charge in [0.2, 0.25) is 0 Å². The zero-order chi connectivity index (χ0) is 32.9. The van der Waals surface area contributed by atoms with Gasteiger partial charge in [-0.25, -0.2) is 23.5 Å². The number of carbonyl (C=O) groups excluding carboxylic acids is 1. The van der Waals surface area contributed by atoms with Gasteiger partial charge in [0.25, 0.3) is 5.91 Å². The molecule has 0 aliphatic rings. The molecule has 224 valence electrons. The molecule has 0 bridgehead atoms. The van der Waals surface area contributed by atoms with Crippen LogP contribution in [0.15, 0.2) is 85.7 Å². The average molecular weight is 834 g/mol. The number of aromatic nitrogens is 6. The fraction of sp³-hybridized carbons (Fsp3) is 0.0667. The molecule has 0 atom stereocenters. The van der Waals surface area contributed by atoms with Crippen molar-refractivity contribution in [2.75, 3.05) is 11.1 Å². The van der Waals surface area contributed by atoms with E-state index in [0.717, 1.165) is 5.39 Å². The van der Waals surface area contributed by atoms with Crippen molar-refractivity contribution in [1.82, 2.24) is 29.9 Å². The van der Waals surface area contributed by atoms with Crippen LogP contribution >= 0.6 is 0 Å². The van der Waals surface area contributed by atoms with Crippen LogP contribution in [0.2, 0.25) is 0 Å². The smallest absolute Gasteiger partial charge is 0.356 e. The molecule has 4 aromatic heterocycles. The van der Waals surface area contributed by atoms with Gasteiger partial charge in [-0.1, -0.05) is 12.1 Å². The molecular weight excluding hydrogens is 807 g/mol. The second-order valence-corrected chi connectivity index (χ2v) is 8.94. The number of hydrogen-bond acceptors (Lipinski definition) is 9. The molecule has 15 heteroatoms. The minimum absolute atomic E-state index is 0. The van der Waals surface area contributed by atoms with Crippen molar-refractivity contribution in [1.29, 1.82) is 1.34 Å². The number of rotatable bonds is 3. The Bertz CT molecular complexity index is 1920. The Morgan fingerprint density at radius 1 is 0.778 bits per heavy atom. The molecule has 0 saturated heterocycles. The summed E-state index contributed by atoms with van der Waals surface area (Å²) in [6.45, 7) is 3.53. The van der Waals surface area contributed by atoms with E-state index < -0.39 is 17.7 Å². The molecule has 6 rings (SSSR count). The summed E-state index contributed by atoms with van der Waals surface area (Å²) in [6.07, 6.45) is 8.75. The van der Waals surface area contributed by atoms with Crippen LogP contribution in [-0.4, -0.2) is 56.6 Å². The molecule has 6 aromatic rings. The number of pyridine rings is 2. The molecule has 0 aliphatic heterocycles. The summed E-state index contributed by atoms with van der Waals surface area (Å²) >= 11 is 0. The molecule has 0 saturated carbocycles. The second kappa shape index (κ2) is 16.8. The van der Waals surface area contributed by atoms with E-state index in [0.29, 0.717) is 39.2 Å². The number of aromatic carboxylic acids is 1. The normalized spacial score (nSPS) is 9.91. The molecular formula is C30H25BF2N8O3U. The van der Waals surface area contributed by atoms with Gasteiger partial charge in [-0.2, -0.15) is 0 Å². The maximum Gasteiger partial charge on any atom is 0.356 e. The number of nitrogens with one attached hydrogen (secondary N) is 1. The first kappa shape index (κ1) is 34.6. The number of hydrogen-bond donors (Lipinski definition) is 3. The molecule has 1 amide bonds. The first-order valence-corrected chi connectivity index (χ1v) is 12.6. The van der Waals surface area contributed by atoms with E-state index in [1.54, 1.807) is 50.5 Å². The maximum atomic E-state index is 13.6. The van der Waals surface area contributed by atoms with E-state index in [2.05, 4.69) is 43.6 Å². The number of amides is 1. The van der Waals surface area contributed by atoms with Crippen LogP contribution in [0, 0.1) is 56.6 Å². The number of benzene rings is 2. The predicted octanol–water partition coefficient (Wildman–Crippen LogP) is 4.52. The van der Waals surface area contributed by atoms with Gasteiger partial charge in [0.1, 0.15) is 17.3 Å². The Labute approximate surface area is 283 Å². The van der Waals surface area contributed by atoms with E-state index in [4.69, 9.17) is 12.2 Å². The molecule has 0 aliphatic carbocycles. The van der Waals surface area contributed by atoms with Gasteiger partial charge in [0.15, 0.2) is 5.69 Å². The van der Waals surface area contributed by atoms with E-state index in [-0.39, 0.29) is 48.3 Å². The minimum atomic E-state index is -1.05. The third kappa shape index (κ3) is 10.1. The van der Waals surface area contributed by atoms with E-state index >= 15 is 0 Å². The number of fused-ring (bicyclic) bond motifs is 2. The zero-order valence-corrected chi connectivity index (χ0v) is 28.1. The SMILES string of the molecule is Cc1cnc(C(=O)Nc2cc(F)cc3cccnc23)cn1.Cc1cnc(C(=O)O)cn1.Nc1cc(F)cc2cccnc12.[3H][B].[U]. The number of halogens is 2. The Balaban J connectivity index is 0.000000251. The molecule has 4 heterocycles. The van der Waals surface area contributed by atoms with E-state index in [1.165, 1.54) is 49.1 Å². The molecule has 0 unspecified atom stereocenters. The van der Waals surface area contributed by atoms with Gasteiger partial charge in [0.05, 0.1) is 46.2 Å². The van der Waals surface area contributed by atoms with Crippen molar-refractivity contribution in [3.05, 3.63) is 120 Å². The molecule has 0 spiro atoms. The van der Waals surface area contributed by atoms with Gasteiger partial charge in [-0.3, -0.25) is 24.7 Å². The molecule has 45 heavy (non-hydrogen) atoms. The monoisotopic (exact) mass is 834 g/mol. The first-order chi connectivity index (χ1) is 21.6. The number of aryl methyl sites for hydroxylation is 2. The summed E-state index contributed by atoms with van der Waals surface area (Å²) in [7, 11) is 3.75. The molecule has 2 aromatic carbocycles. The summed E-state index contributed by atoms with van der Waals surface area (Å²) in [6, 6.07) is 12.3. The number of carboxylic acids is 1. The van der Waals surface area contributed by atoms with Crippen molar-refractivity contribution in [3.8, 4) is 0 Å². The Kier molecular flexibility index (Phi) is 13.0. The molecule has 4 N–H and O–H groups in total. The number of anilines is 2. The summed E-state index contributed by atoms with van der Waals surface area (Å²) in [4.78, 5) is 45.9. The second-order valence-electron chi connectivity index (χ2n) is 8.94. The minimum Gasteiger partial charge on any atom is -0.476 e. The van der Waals surface area contributed by atoms with Gasteiger partial charge in [-0.05, 0) is 51.6 Å². The Hall–Kier alpha value is -4.86. The van der Waals surface area contributed by atoms with Gasteiger partial charge >= 0.3 is 5.97 Å². The topological polar surface area (TPSA) is 170 Å². The largest absolute Gasteiger partial charge is 0.476 e. The summed E-state index contributed by atoms with van der Waals surface area (Å²) in [5.74, 6) is -2.28. The quantitative estimate of drug-likeness (QED) is 0.170. The van der Waals surface area contributed by atoms with Crippen molar-refractivity contribution in [2.24, 2.45) is 0 Å². The van der Waals surface area contributed by atoms with E-state index in [1.807, 2.05) is 0 Å². The molecule has 0 fully saturated rings. The van der Waals surface area contributed by atoms with E-state index in [9.17, 15) is 18.4 Å². The number of nitrogen functional groups attached to an aromatic ring is 1. The van der Waals surface area contributed by atoms with Gasteiger partial charge in [0, 0.05) is 75.0 Å². The van der Waals surface area contributed by atoms with Crippen LogP contribution in [0.3, 0.4) is 0 Å². The fourth-order valence-corrected chi connectivity index (χ4v) is 3.63. The van der Waals surface area contributed by atoms with Crippen LogP contribution in [0.25, 0.3) is 21.8 Å². The van der Waals surface area contributed by atoms with Gasteiger partial charge < -0.3 is 16.2 Å². The zero-order valence-electron chi connectivity index (χ0n) is 24.9. The number of nitrogens with two attached hydrogens (primary N) is 1. The number of nitrogens with zero attached hydrogens (tertiary/aromatic N) is 6. The molecule has 11 nitrogen and oxygen atoms in total.